The molecule has 1 atom stereocenters. The summed E-state index contributed by atoms with van der Waals surface area (Å²) in [5, 5.41) is 10.6. The summed E-state index contributed by atoms with van der Waals surface area (Å²) >= 11 is 0. The molecular weight excluding hydrogens is 252 g/mol. The first kappa shape index (κ1) is 14.4. The molecule has 2 aromatic rings. The monoisotopic (exact) mass is 272 g/mol. The molecule has 0 spiro atoms. The van der Waals surface area contributed by atoms with Crippen molar-refractivity contribution >= 4 is 0 Å². The topological polar surface area (TPSA) is 38.7 Å². The van der Waals surface area contributed by atoms with Crippen molar-refractivity contribution in [3.8, 4) is 11.5 Å². The van der Waals surface area contributed by atoms with Crippen LogP contribution < -0.4 is 9.47 Å². The second-order valence-corrected chi connectivity index (χ2v) is 4.88. The maximum Gasteiger partial charge on any atom is 0.161 e. The molecule has 0 aliphatic heterocycles. The maximum atomic E-state index is 10.6. The highest BCUT2D eigenvalue weighted by atomic mass is 16.5. The number of rotatable bonds is 4. The Morgan fingerprint density at radius 3 is 2.20 bits per heavy atom. The Morgan fingerprint density at radius 1 is 0.950 bits per heavy atom. The largest absolute Gasteiger partial charge is 0.493 e. The Labute approximate surface area is 119 Å². The van der Waals surface area contributed by atoms with Crippen LogP contribution in [0.2, 0.25) is 0 Å². The van der Waals surface area contributed by atoms with Crippen molar-refractivity contribution in [3.05, 3.63) is 58.7 Å². The van der Waals surface area contributed by atoms with E-state index in [1.807, 2.05) is 50.2 Å². The molecule has 20 heavy (non-hydrogen) atoms. The van der Waals surface area contributed by atoms with Crippen molar-refractivity contribution < 1.29 is 14.6 Å². The molecule has 0 aliphatic rings. The highest BCUT2D eigenvalue weighted by molar-refractivity contribution is 5.49. The summed E-state index contributed by atoms with van der Waals surface area (Å²) in [6, 6.07) is 11.6. The minimum atomic E-state index is -0.672. The van der Waals surface area contributed by atoms with Gasteiger partial charge in [0.15, 0.2) is 11.5 Å². The number of hydrogen-bond donors (Lipinski definition) is 1. The predicted molar refractivity (Wildman–Crippen MR) is 79.5 cm³/mol. The van der Waals surface area contributed by atoms with E-state index in [4.69, 9.17) is 9.47 Å². The number of aliphatic hydroxyl groups is 1. The van der Waals surface area contributed by atoms with Gasteiger partial charge in [0.2, 0.25) is 0 Å². The quantitative estimate of drug-likeness (QED) is 0.927. The van der Waals surface area contributed by atoms with Crippen molar-refractivity contribution in [2.24, 2.45) is 0 Å². The molecule has 106 valence electrons. The van der Waals surface area contributed by atoms with E-state index in [1.54, 1.807) is 14.2 Å². The summed E-state index contributed by atoms with van der Waals surface area (Å²) in [4.78, 5) is 0. The van der Waals surface area contributed by atoms with Gasteiger partial charge in [-0.15, -0.1) is 0 Å². The Hall–Kier alpha value is -2.00. The molecule has 3 nitrogen and oxygen atoms in total. The van der Waals surface area contributed by atoms with Gasteiger partial charge in [0, 0.05) is 0 Å². The van der Waals surface area contributed by atoms with Gasteiger partial charge in [-0.2, -0.15) is 0 Å². The lowest BCUT2D eigenvalue weighted by atomic mass is 9.96. The fourth-order valence-electron chi connectivity index (χ4n) is 2.31. The van der Waals surface area contributed by atoms with Gasteiger partial charge in [-0.25, -0.2) is 0 Å². The SMILES string of the molecule is COc1cc(C)c(C(O)c2cccc(C)c2)cc1OC. The maximum absolute atomic E-state index is 10.6. The smallest absolute Gasteiger partial charge is 0.161 e. The van der Waals surface area contributed by atoms with Crippen LogP contribution in [0.3, 0.4) is 0 Å². The van der Waals surface area contributed by atoms with Gasteiger partial charge in [0.1, 0.15) is 6.10 Å². The third kappa shape index (κ3) is 2.78. The van der Waals surface area contributed by atoms with Gasteiger partial charge in [-0.3, -0.25) is 0 Å². The van der Waals surface area contributed by atoms with E-state index >= 15 is 0 Å². The summed E-state index contributed by atoms with van der Waals surface area (Å²) < 4.78 is 10.6. The molecule has 0 heterocycles. The molecule has 0 saturated carbocycles. The molecule has 0 saturated heterocycles. The second kappa shape index (κ2) is 5.97. The van der Waals surface area contributed by atoms with Gasteiger partial charge < -0.3 is 14.6 Å². The van der Waals surface area contributed by atoms with E-state index in [0.717, 1.165) is 22.3 Å². The minimum Gasteiger partial charge on any atom is -0.493 e. The van der Waals surface area contributed by atoms with Crippen LogP contribution in [-0.4, -0.2) is 19.3 Å². The van der Waals surface area contributed by atoms with Crippen LogP contribution in [0.25, 0.3) is 0 Å². The first-order valence-corrected chi connectivity index (χ1v) is 6.54. The molecule has 2 aromatic carbocycles. The van der Waals surface area contributed by atoms with Gasteiger partial charge in [0.05, 0.1) is 14.2 Å². The van der Waals surface area contributed by atoms with Crippen LogP contribution >= 0.6 is 0 Å². The van der Waals surface area contributed by atoms with E-state index in [-0.39, 0.29) is 0 Å². The summed E-state index contributed by atoms with van der Waals surface area (Å²) in [7, 11) is 3.20. The van der Waals surface area contributed by atoms with Crippen molar-refractivity contribution in [3.63, 3.8) is 0 Å². The predicted octanol–water partition coefficient (Wildman–Crippen LogP) is 3.40. The number of methoxy groups -OCH3 is 2. The molecule has 1 N–H and O–H groups in total. The number of hydrogen-bond acceptors (Lipinski definition) is 3. The van der Waals surface area contributed by atoms with Gasteiger partial charge in [0.25, 0.3) is 0 Å². The normalized spacial score (nSPS) is 12.1. The summed E-state index contributed by atoms with van der Waals surface area (Å²) in [5.74, 6) is 1.30. The Morgan fingerprint density at radius 2 is 1.60 bits per heavy atom. The first-order valence-electron chi connectivity index (χ1n) is 6.54. The molecule has 3 heteroatoms. The van der Waals surface area contributed by atoms with E-state index in [1.165, 1.54) is 0 Å². The lowest BCUT2D eigenvalue weighted by molar-refractivity contribution is 0.218. The zero-order valence-electron chi connectivity index (χ0n) is 12.3. The Bertz CT molecular complexity index is 605. The highest BCUT2D eigenvalue weighted by Crippen LogP contribution is 2.35. The summed E-state index contributed by atoms with van der Waals surface area (Å²) in [5.41, 5.74) is 3.80. The first-order chi connectivity index (χ1) is 9.56. The van der Waals surface area contributed by atoms with Crippen LogP contribution in [-0.2, 0) is 0 Å². The lowest BCUT2D eigenvalue weighted by Gasteiger charge is -2.17. The number of aryl methyl sites for hydroxylation is 2. The number of ether oxygens (including phenoxy) is 2. The molecule has 2 rings (SSSR count). The minimum absolute atomic E-state index is 0.625. The molecular formula is C17H20O3. The van der Waals surface area contributed by atoms with Crippen molar-refractivity contribution in [1.82, 2.24) is 0 Å². The lowest BCUT2D eigenvalue weighted by Crippen LogP contribution is -2.04. The van der Waals surface area contributed by atoms with Gasteiger partial charge in [-0.05, 0) is 42.7 Å². The molecule has 0 aliphatic carbocycles. The van der Waals surface area contributed by atoms with Crippen LogP contribution in [0.4, 0.5) is 0 Å². The van der Waals surface area contributed by atoms with Crippen LogP contribution in [0.1, 0.15) is 28.4 Å². The molecule has 0 amide bonds. The molecule has 1 unspecified atom stereocenters. The number of benzene rings is 2. The standard InChI is InChI=1S/C17H20O3/c1-11-6-5-7-13(8-11)17(18)14-10-16(20-4)15(19-3)9-12(14)2/h5-10,17-18H,1-4H3. The van der Waals surface area contributed by atoms with E-state index in [2.05, 4.69) is 0 Å². The van der Waals surface area contributed by atoms with Gasteiger partial charge in [-0.1, -0.05) is 29.8 Å². The van der Waals surface area contributed by atoms with Crippen molar-refractivity contribution in [1.29, 1.82) is 0 Å². The van der Waals surface area contributed by atoms with E-state index < -0.39 is 6.10 Å². The Kier molecular flexibility index (Phi) is 4.30. The van der Waals surface area contributed by atoms with Crippen LogP contribution in [0.15, 0.2) is 36.4 Å². The second-order valence-electron chi connectivity index (χ2n) is 4.88. The van der Waals surface area contributed by atoms with E-state index in [0.29, 0.717) is 11.5 Å². The Balaban J connectivity index is 2.46. The zero-order chi connectivity index (χ0) is 14.7. The summed E-state index contributed by atoms with van der Waals surface area (Å²) in [6.07, 6.45) is -0.672. The molecule has 0 aromatic heterocycles. The third-order valence-electron chi connectivity index (χ3n) is 3.42. The van der Waals surface area contributed by atoms with Crippen LogP contribution in [0.5, 0.6) is 11.5 Å². The van der Waals surface area contributed by atoms with Crippen molar-refractivity contribution in [2.45, 2.75) is 20.0 Å². The fourth-order valence-corrected chi connectivity index (χ4v) is 2.31. The third-order valence-corrected chi connectivity index (χ3v) is 3.42. The average molecular weight is 272 g/mol. The van der Waals surface area contributed by atoms with E-state index in [9.17, 15) is 5.11 Å². The zero-order valence-corrected chi connectivity index (χ0v) is 12.3. The van der Waals surface area contributed by atoms with Gasteiger partial charge >= 0.3 is 0 Å². The molecule has 0 radical (unpaired) electrons. The summed E-state index contributed by atoms with van der Waals surface area (Å²) in [6.45, 7) is 3.97. The highest BCUT2D eigenvalue weighted by Gasteiger charge is 2.16. The molecule has 0 fully saturated rings. The van der Waals surface area contributed by atoms with Crippen molar-refractivity contribution in [2.75, 3.05) is 14.2 Å². The molecule has 0 bridgehead atoms. The van der Waals surface area contributed by atoms with Crippen LogP contribution in [0, 0.1) is 13.8 Å². The fraction of sp³-hybridized carbons (Fsp3) is 0.294. The average Bonchev–Trinajstić information content (AvgIpc) is 2.46. The number of aliphatic hydroxyl groups excluding tert-OH is 1.